The number of nitrogens with one attached hydrogen (secondary N) is 1. The molecule has 2 aromatic carbocycles. The Hall–Kier alpha value is -3.46. The maximum absolute atomic E-state index is 12.7. The van der Waals surface area contributed by atoms with E-state index in [1.165, 1.54) is 11.8 Å². The first-order valence-corrected chi connectivity index (χ1v) is 11.0. The fourth-order valence-electron chi connectivity index (χ4n) is 3.41. The van der Waals surface area contributed by atoms with Gasteiger partial charge in [0, 0.05) is 11.4 Å². The number of carbonyl (C=O) groups excluding carboxylic acids is 1. The third-order valence-electron chi connectivity index (χ3n) is 5.00. The van der Waals surface area contributed by atoms with Crippen molar-refractivity contribution in [2.24, 2.45) is 4.99 Å². The first-order chi connectivity index (χ1) is 15.5. The minimum absolute atomic E-state index is 0.162. The van der Waals surface area contributed by atoms with Crippen molar-refractivity contribution in [1.29, 1.82) is 0 Å². The van der Waals surface area contributed by atoms with Crippen LogP contribution in [-0.4, -0.2) is 35.6 Å². The first-order valence-electron chi connectivity index (χ1n) is 10.0. The minimum atomic E-state index is -0.957. The number of ether oxygens (including phenoxy) is 3. The molecule has 0 spiro atoms. The van der Waals surface area contributed by atoms with Gasteiger partial charge in [0.15, 0.2) is 16.7 Å². The van der Waals surface area contributed by atoms with E-state index in [4.69, 9.17) is 24.3 Å². The summed E-state index contributed by atoms with van der Waals surface area (Å²) in [6.07, 6.45) is 0. The van der Waals surface area contributed by atoms with Crippen molar-refractivity contribution in [3.05, 3.63) is 70.4 Å². The van der Waals surface area contributed by atoms with Gasteiger partial charge in [-0.05, 0) is 49.2 Å². The maximum atomic E-state index is 12.7. The van der Waals surface area contributed by atoms with Crippen molar-refractivity contribution in [2.45, 2.75) is 25.6 Å². The largest absolute Gasteiger partial charge is 0.478 e. The summed E-state index contributed by atoms with van der Waals surface area (Å²) >= 11 is 1.47. The number of thioether (sulfide) groups is 1. The van der Waals surface area contributed by atoms with E-state index in [1.54, 1.807) is 31.2 Å². The zero-order chi connectivity index (χ0) is 22.7. The summed E-state index contributed by atoms with van der Waals surface area (Å²) in [5.41, 5.74) is 3.11. The monoisotopic (exact) mass is 454 g/mol. The molecule has 0 unspecified atom stereocenters. The summed E-state index contributed by atoms with van der Waals surface area (Å²) in [6.45, 7) is 4.01. The highest BCUT2D eigenvalue weighted by Gasteiger charge is 2.31. The van der Waals surface area contributed by atoms with Gasteiger partial charge in [-0.2, -0.15) is 0 Å². The Morgan fingerprint density at radius 3 is 2.66 bits per heavy atom. The molecule has 9 heteroatoms. The molecule has 166 valence electrons. The lowest BCUT2D eigenvalue weighted by Crippen LogP contribution is -2.30. The molecule has 2 aliphatic rings. The second-order valence-corrected chi connectivity index (χ2v) is 8.09. The smallest absolute Gasteiger partial charge is 0.338 e. The van der Waals surface area contributed by atoms with Crippen LogP contribution in [0.5, 0.6) is 11.5 Å². The van der Waals surface area contributed by atoms with Gasteiger partial charge >= 0.3 is 11.9 Å². The zero-order valence-corrected chi connectivity index (χ0v) is 18.4. The molecule has 0 amide bonds. The van der Waals surface area contributed by atoms with E-state index in [1.807, 2.05) is 25.1 Å². The highest BCUT2D eigenvalue weighted by molar-refractivity contribution is 8.13. The molecule has 0 bridgehead atoms. The molecule has 0 aromatic heterocycles. The topological polar surface area (TPSA) is 106 Å². The minimum Gasteiger partial charge on any atom is -0.478 e. The van der Waals surface area contributed by atoms with Crippen LogP contribution >= 0.6 is 11.8 Å². The van der Waals surface area contributed by atoms with Gasteiger partial charge in [0.25, 0.3) is 0 Å². The Labute approximate surface area is 189 Å². The van der Waals surface area contributed by atoms with Gasteiger partial charge in [-0.15, -0.1) is 0 Å². The van der Waals surface area contributed by atoms with Crippen LogP contribution in [0.3, 0.4) is 0 Å². The Morgan fingerprint density at radius 1 is 1.19 bits per heavy atom. The van der Waals surface area contributed by atoms with Gasteiger partial charge in [-0.3, -0.25) is 0 Å². The lowest BCUT2D eigenvalue weighted by molar-refractivity contribution is -0.138. The third kappa shape index (κ3) is 4.57. The number of amidine groups is 1. The summed E-state index contributed by atoms with van der Waals surface area (Å²) in [7, 11) is 0. The molecule has 0 aliphatic carbocycles. The Bertz CT molecular complexity index is 1110. The quantitative estimate of drug-likeness (QED) is 0.634. The highest BCUT2D eigenvalue weighted by Crippen LogP contribution is 2.39. The Morgan fingerprint density at radius 2 is 1.94 bits per heavy atom. The standard InChI is InChI=1S/C23H22N2O6S/c1-3-29-22(28)19-13(2)24-23(32-11-14-4-6-15(7-5-14)21(26)27)25-20(19)16-8-9-17-18(10-16)31-12-30-17/h4-10,20H,3,11-12H2,1-2H3,(H,24,25)(H,26,27)/t20-/m0/s1. The zero-order valence-electron chi connectivity index (χ0n) is 17.6. The van der Waals surface area contributed by atoms with Crippen LogP contribution in [-0.2, 0) is 15.3 Å². The molecular weight excluding hydrogens is 432 g/mol. The van der Waals surface area contributed by atoms with E-state index in [0.29, 0.717) is 33.7 Å². The van der Waals surface area contributed by atoms with Crippen molar-refractivity contribution >= 4 is 28.9 Å². The predicted molar refractivity (Wildman–Crippen MR) is 120 cm³/mol. The number of aromatic carboxylic acids is 1. The van der Waals surface area contributed by atoms with Gasteiger partial charge < -0.3 is 24.6 Å². The van der Waals surface area contributed by atoms with E-state index in [0.717, 1.165) is 11.1 Å². The number of esters is 1. The van der Waals surface area contributed by atoms with Gasteiger partial charge in [0.1, 0.15) is 6.04 Å². The molecule has 2 aliphatic heterocycles. The van der Waals surface area contributed by atoms with E-state index in [-0.39, 0.29) is 19.0 Å². The van der Waals surface area contributed by atoms with Crippen LogP contribution in [0.1, 0.15) is 41.4 Å². The van der Waals surface area contributed by atoms with Crippen LogP contribution in [0.25, 0.3) is 0 Å². The number of carbonyl (C=O) groups is 2. The molecule has 2 aromatic rings. The first kappa shape index (κ1) is 21.8. The Balaban J connectivity index is 1.59. The van der Waals surface area contributed by atoms with E-state index in [9.17, 15) is 9.59 Å². The number of rotatable bonds is 6. The number of allylic oxidation sites excluding steroid dienone is 1. The molecule has 0 radical (unpaired) electrons. The van der Waals surface area contributed by atoms with Crippen molar-refractivity contribution < 1.29 is 28.9 Å². The van der Waals surface area contributed by atoms with Crippen molar-refractivity contribution in [2.75, 3.05) is 13.4 Å². The lowest BCUT2D eigenvalue weighted by atomic mass is 9.96. The molecular formula is C23H22N2O6S. The molecule has 1 atom stereocenters. The fourth-order valence-corrected chi connectivity index (χ4v) is 4.31. The second-order valence-electron chi connectivity index (χ2n) is 7.12. The van der Waals surface area contributed by atoms with Gasteiger partial charge in [0.05, 0.1) is 17.7 Å². The number of hydrogen-bond acceptors (Lipinski definition) is 8. The summed E-state index contributed by atoms with van der Waals surface area (Å²) < 4.78 is 16.2. The SMILES string of the molecule is CCOC(=O)C1=C(C)NC(SCc2ccc(C(=O)O)cc2)=N[C@H]1c1ccc2c(c1)OCO2. The lowest BCUT2D eigenvalue weighted by Gasteiger charge is -2.26. The van der Waals surface area contributed by atoms with Crippen LogP contribution < -0.4 is 14.8 Å². The molecule has 2 heterocycles. The molecule has 32 heavy (non-hydrogen) atoms. The van der Waals surface area contributed by atoms with Crippen LogP contribution in [0, 0.1) is 0 Å². The van der Waals surface area contributed by atoms with Gasteiger partial charge in [-0.1, -0.05) is 30.0 Å². The number of benzene rings is 2. The van der Waals surface area contributed by atoms with E-state index in [2.05, 4.69) is 5.32 Å². The molecule has 2 N–H and O–H groups in total. The normalized spacial score (nSPS) is 16.9. The van der Waals surface area contributed by atoms with Crippen molar-refractivity contribution in [3.63, 3.8) is 0 Å². The number of carboxylic acid groups (broad SMARTS) is 1. The van der Waals surface area contributed by atoms with E-state index < -0.39 is 18.0 Å². The number of carboxylic acids is 1. The Kier molecular flexibility index (Phi) is 6.36. The molecule has 4 rings (SSSR count). The summed E-state index contributed by atoms with van der Waals surface area (Å²) in [4.78, 5) is 28.5. The molecule has 0 saturated heterocycles. The molecule has 0 saturated carbocycles. The number of nitrogens with zero attached hydrogens (tertiary/aromatic N) is 1. The fraction of sp³-hybridized carbons (Fsp3) is 0.261. The van der Waals surface area contributed by atoms with Crippen LogP contribution in [0.2, 0.25) is 0 Å². The summed E-state index contributed by atoms with van der Waals surface area (Å²) in [6, 6.07) is 11.7. The highest BCUT2D eigenvalue weighted by atomic mass is 32.2. The maximum Gasteiger partial charge on any atom is 0.338 e. The number of fused-ring (bicyclic) bond motifs is 1. The average Bonchev–Trinajstić information content (AvgIpc) is 3.25. The molecule has 8 nitrogen and oxygen atoms in total. The third-order valence-corrected chi connectivity index (χ3v) is 5.96. The van der Waals surface area contributed by atoms with Gasteiger partial charge in [0.2, 0.25) is 6.79 Å². The van der Waals surface area contributed by atoms with Crippen molar-refractivity contribution in [3.8, 4) is 11.5 Å². The van der Waals surface area contributed by atoms with Crippen LogP contribution in [0.15, 0.2) is 58.7 Å². The summed E-state index contributed by atoms with van der Waals surface area (Å²) in [5.74, 6) is 0.481. The van der Waals surface area contributed by atoms with Gasteiger partial charge in [-0.25, -0.2) is 14.6 Å². The average molecular weight is 455 g/mol. The second kappa shape index (κ2) is 9.35. The van der Waals surface area contributed by atoms with E-state index >= 15 is 0 Å². The van der Waals surface area contributed by atoms with Crippen LogP contribution in [0.4, 0.5) is 0 Å². The predicted octanol–water partition coefficient (Wildman–Crippen LogP) is 3.88. The number of aliphatic imine (C=N–C) groups is 1. The summed E-state index contributed by atoms with van der Waals surface area (Å²) in [5, 5.41) is 12.9. The molecule has 0 fully saturated rings. The number of hydrogen-bond donors (Lipinski definition) is 2. The van der Waals surface area contributed by atoms with Crippen molar-refractivity contribution in [1.82, 2.24) is 5.32 Å².